The van der Waals surface area contributed by atoms with E-state index in [2.05, 4.69) is 20.8 Å². The zero-order valence-electron chi connectivity index (χ0n) is 8.54. The van der Waals surface area contributed by atoms with Crippen molar-refractivity contribution in [3.63, 3.8) is 0 Å². The standard InChI is InChI=1S/C11H13BrFNO/c1-8-7-14(4-5-15-8)9-2-3-11(13)10(12)6-9/h2-3,6,8H,4-5,7H2,1H3/t8-/m1/s1. The topological polar surface area (TPSA) is 12.5 Å². The highest BCUT2D eigenvalue weighted by Gasteiger charge is 2.17. The minimum atomic E-state index is -0.222. The summed E-state index contributed by atoms with van der Waals surface area (Å²) in [5.74, 6) is -0.222. The molecule has 15 heavy (non-hydrogen) atoms. The molecule has 2 nitrogen and oxygen atoms in total. The van der Waals surface area contributed by atoms with Gasteiger partial charge >= 0.3 is 0 Å². The SMILES string of the molecule is C[C@@H]1CN(c2ccc(F)c(Br)c2)CCO1. The van der Waals surface area contributed by atoms with Crippen molar-refractivity contribution in [2.24, 2.45) is 0 Å². The molecular weight excluding hydrogens is 261 g/mol. The lowest BCUT2D eigenvalue weighted by molar-refractivity contribution is 0.0532. The molecule has 0 radical (unpaired) electrons. The van der Waals surface area contributed by atoms with Gasteiger partial charge in [0.15, 0.2) is 0 Å². The van der Waals surface area contributed by atoms with Gasteiger partial charge in [0.25, 0.3) is 0 Å². The number of benzene rings is 1. The van der Waals surface area contributed by atoms with Crippen LogP contribution in [0.5, 0.6) is 0 Å². The molecule has 0 unspecified atom stereocenters. The van der Waals surface area contributed by atoms with Crippen molar-refractivity contribution in [1.82, 2.24) is 0 Å². The van der Waals surface area contributed by atoms with E-state index in [0.29, 0.717) is 4.47 Å². The van der Waals surface area contributed by atoms with Crippen LogP contribution < -0.4 is 4.90 Å². The van der Waals surface area contributed by atoms with Crippen molar-refractivity contribution in [2.75, 3.05) is 24.6 Å². The van der Waals surface area contributed by atoms with E-state index in [1.54, 1.807) is 6.07 Å². The lowest BCUT2D eigenvalue weighted by atomic mass is 10.2. The predicted molar refractivity (Wildman–Crippen MR) is 61.7 cm³/mol. The van der Waals surface area contributed by atoms with Crippen LogP contribution in [0.3, 0.4) is 0 Å². The molecule has 0 aromatic heterocycles. The highest BCUT2D eigenvalue weighted by Crippen LogP contribution is 2.24. The normalized spacial score (nSPS) is 21.8. The number of ether oxygens (including phenoxy) is 1. The number of hydrogen-bond donors (Lipinski definition) is 0. The fourth-order valence-corrected chi connectivity index (χ4v) is 2.10. The van der Waals surface area contributed by atoms with Crippen molar-refractivity contribution < 1.29 is 9.13 Å². The van der Waals surface area contributed by atoms with Gasteiger partial charge in [-0.2, -0.15) is 0 Å². The maximum absolute atomic E-state index is 13.1. The Bertz CT molecular complexity index is 358. The first-order valence-corrected chi connectivity index (χ1v) is 5.78. The van der Waals surface area contributed by atoms with E-state index in [0.717, 1.165) is 25.4 Å². The molecule has 0 aliphatic carbocycles. The van der Waals surface area contributed by atoms with Crippen LogP contribution in [0, 0.1) is 5.82 Å². The maximum Gasteiger partial charge on any atom is 0.137 e. The Balaban J connectivity index is 2.18. The fraction of sp³-hybridized carbons (Fsp3) is 0.455. The molecule has 1 aliphatic heterocycles. The first-order chi connectivity index (χ1) is 7.16. The predicted octanol–water partition coefficient (Wildman–Crippen LogP) is 2.81. The zero-order valence-corrected chi connectivity index (χ0v) is 10.1. The molecule has 1 aromatic rings. The van der Waals surface area contributed by atoms with Crippen molar-refractivity contribution in [3.05, 3.63) is 28.5 Å². The molecular formula is C11H13BrFNO. The minimum absolute atomic E-state index is 0.222. The van der Waals surface area contributed by atoms with Gasteiger partial charge in [-0.1, -0.05) is 0 Å². The third kappa shape index (κ3) is 2.49. The van der Waals surface area contributed by atoms with Crippen LogP contribution in [0.25, 0.3) is 0 Å². The van der Waals surface area contributed by atoms with E-state index in [-0.39, 0.29) is 11.9 Å². The summed E-state index contributed by atoms with van der Waals surface area (Å²) in [7, 11) is 0. The molecule has 82 valence electrons. The van der Waals surface area contributed by atoms with Crippen LogP contribution in [-0.4, -0.2) is 25.8 Å². The van der Waals surface area contributed by atoms with Gasteiger partial charge in [0.05, 0.1) is 17.2 Å². The Morgan fingerprint density at radius 2 is 2.33 bits per heavy atom. The second-order valence-electron chi connectivity index (χ2n) is 3.73. The second-order valence-corrected chi connectivity index (χ2v) is 4.58. The van der Waals surface area contributed by atoms with Crippen LogP contribution in [0.1, 0.15) is 6.92 Å². The van der Waals surface area contributed by atoms with E-state index >= 15 is 0 Å². The highest BCUT2D eigenvalue weighted by molar-refractivity contribution is 9.10. The molecule has 1 atom stereocenters. The second kappa shape index (κ2) is 4.49. The van der Waals surface area contributed by atoms with Gasteiger partial charge in [-0.3, -0.25) is 0 Å². The van der Waals surface area contributed by atoms with E-state index in [9.17, 15) is 4.39 Å². The lowest BCUT2D eigenvalue weighted by Gasteiger charge is -2.33. The minimum Gasteiger partial charge on any atom is -0.375 e. The Morgan fingerprint density at radius 3 is 3.00 bits per heavy atom. The Hall–Kier alpha value is -0.610. The molecule has 2 rings (SSSR count). The molecule has 1 saturated heterocycles. The Labute approximate surface area is 97.2 Å². The van der Waals surface area contributed by atoms with Crippen molar-refractivity contribution in [2.45, 2.75) is 13.0 Å². The number of halogens is 2. The quantitative estimate of drug-likeness (QED) is 0.780. The largest absolute Gasteiger partial charge is 0.375 e. The summed E-state index contributed by atoms with van der Waals surface area (Å²) < 4.78 is 19.0. The monoisotopic (exact) mass is 273 g/mol. The molecule has 4 heteroatoms. The number of nitrogens with zero attached hydrogens (tertiary/aromatic N) is 1. The maximum atomic E-state index is 13.1. The van der Waals surface area contributed by atoms with Crippen molar-refractivity contribution in [1.29, 1.82) is 0 Å². The van der Waals surface area contributed by atoms with Crippen molar-refractivity contribution >= 4 is 21.6 Å². The van der Waals surface area contributed by atoms with Gasteiger partial charge in [0.1, 0.15) is 5.82 Å². The van der Waals surface area contributed by atoms with E-state index in [1.807, 2.05) is 13.0 Å². The molecule has 1 fully saturated rings. The first kappa shape index (κ1) is 10.9. The summed E-state index contributed by atoms with van der Waals surface area (Å²) in [6.07, 6.45) is 0.238. The highest BCUT2D eigenvalue weighted by atomic mass is 79.9. The van der Waals surface area contributed by atoms with Gasteiger partial charge in [-0.15, -0.1) is 0 Å². The van der Waals surface area contributed by atoms with Crippen LogP contribution in [0.4, 0.5) is 10.1 Å². The molecule has 1 heterocycles. The molecule has 0 bridgehead atoms. The van der Waals surface area contributed by atoms with Gasteiger partial charge < -0.3 is 9.64 Å². The van der Waals surface area contributed by atoms with Crippen molar-refractivity contribution in [3.8, 4) is 0 Å². The Kier molecular flexibility index (Phi) is 3.26. The van der Waals surface area contributed by atoms with E-state index in [1.165, 1.54) is 6.07 Å². The van der Waals surface area contributed by atoms with Gasteiger partial charge in [-0.25, -0.2) is 4.39 Å². The molecule has 0 saturated carbocycles. The van der Waals surface area contributed by atoms with Gasteiger partial charge in [0.2, 0.25) is 0 Å². The van der Waals surface area contributed by atoms with Crippen LogP contribution >= 0.6 is 15.9 Å². The molecule has 0 N–H and O–H groups in total. The van der Waals surface area contributed by atoms with Crippen LogP contribution in [0.15, 0.2) is 22.7 Å². The fourth-order valence-electron chi connectivity index (χ4n) is 1.73. The zero-order chi connectivity index (χ0) is 10.8. The molecule has 0 amide bonds. The average molecular weight is 274 g/mol. The van der Waals surface area contributed by atoms with E-state index in [4.69, 9.17) is 4.74 Å². The van der Waals surface area contributed by atoms with E-state index < -0.39 is 0 Å². The summed E-state index contributed by atoms with van der Waals surface area (Å²) in [4.78, 5) is 2.21. The number of hydrogen-bond acceptors (Lipinski definition) is 2. The summed E-state index contributed by atoms with van der Waals surface area (Å²) in [6, 6.07) is 5.10. The number of rotatable bonds is 1. The Morgan fingerprint density at radius 1 is 1.53 bits per heavy atom. The number of morpholine rings is 1. The third-order valence-corrected chi connectivity index (χ3v) is 3.12. The molecule has 1 aliphatic rings. The summed E-state index contributed by atoms with van der Waals surface area (Å²) >= 11 is 3.19. The van der Waals surface area contributed by atoms with Crippen LogP contribution in [0.2, 0.25) is 0 Å². The lowest BCUT2D eigenvalue weighted by Crippen LogP contribution is -2.41. The first-order valence-electron chi connectivity index (χ1n) is 4.98. The summed E-state index contributed by atoms with van der Waals surface area (Å²) in [5, 5.41) is 0. The average Bonchev–Trinajstić information content (AvgIpc) is 2.22. The van der Waals surface area contributed by atoms with Gasteiger partial charge in [-0.05, 0) is 41.1 Å². The summed E-state index contributed by atoms with van der Waals surface area (Å²) in [5.41, 5.74) is 1.04. The molecule has 1 aromatic carbocycles. The number of anilines is 1. The smallest absolute Gasteiger partial charge is 0.137 e. The van der Waals surface area contributed by atoms with Crippen LogP contribution in [-0.2, 0) is 4.74 Å². The third-order valence-electron chi connectivity index (χ3n) is 2.51. The van der Waals surface area contributed by atoms with Gasteiger partial charge in [0, 0.05) is 18.8 Å². The summed E-state index contributed by atoms with van der Waals surface area (Å²) in [6.45, 7) is 4.50. The molecule has 0 spiro atoms.